The summed E-state index contributed by atoms with van der Waals surface area (Å²) in [5.74, 6) is 5.68. The van der Waals surface area contributed by atoms with Crippen LogP contribution < -0.4 is 21.3 Å². The van der Waals surface area contributed by atoms with E-state index in [1.807, 2.05) is 12.4 Å². The highest BCUT2D eigenvalue weighted by Gasteiger charge is 2.04. The molecule has 0 radical (unpaired) electrons. The van der Waals surface area contributed by atoms with Crippen LogP contribution in [0.4, 0.5) is 0 Å². The third-order valence-corrected chi connectivity index (χ3v) is 4.85. The maximum absolute atomic E-state index is 8.54. The van der Waals surface area contributed by atoms with Crippen molar-refractivity contribution in [2.24, 2.45) is 9.98 Å². The first-order valence-electron chi connectivity index (χ1n) is 8.00. The second-order valence-corrected chi connectivity index (χ2v) is 6.99. The highest BCUT2D eigenvalue weighted by Crippen LogP contribution is 2.11. The Morgan fingerprint density at radius 1 is 1.00 bits per heavy atom. The molecule has 0 aliphatic heterocycles. The van der Waals surface area contributed by atoms with Gasteiger partial charge in [-0.1, -0.05) is 0 Å². The molecule has 11 nitrogen and oxygen atoms in total. The van der Waals surface area contributed by atoms with Gasteiger partial charge in [0.15, 0.2) is 18.2 Å². The lowest BCUT2D eigenvalue weighted by Crippen LogP contribution is -2.35. The Kier molecular flexibility index (Phi) is 12.0. The second kappa shape index (κ2) is 14.5. The number of aliphatic imine (C=N–C) groups is 2. The predicted molar refractivity (Wildman–Crippen MR) is 109 cm³/mol. The van der Waals surface area contributed by atoms with E-state index in [1.165, 1.54) is 0 Å². The summed E-state index contributed by atoms with van der Waals surface area (Å²) in [5.41, 5.74) is 0. The molecule has 0 fully saturated rings. The topological polar surface area (TPSA) is 162 Å². The van der Waals surface area contributed by atoms with Gasteiger partial charge in [-0.05, 0) is 0 Å². The van der Waals surface area contributed by atoms with E-state index in [9.17, 15) is 0 Å². The summed E-state index contributed by atoms with van der Waals surface area (Å²) in [6.07, 6.45) is 3.65. The number of rotatable bonds is 10. The highest BCUT2D eigenvalue weighted by molar-refractivity contribution is 7.98. The van der Waals surface area contributed by atoms with E-state index in [-0.39, 0.29) is 0 Å². The summed E-state index contributed by atoms with van der Waals surface area (Å²) < 4.78 is 0. The molecule has 1 aromatic heterocycles. The predicted octanol–water partition coefficient (Wildman–Crippen LogP) is -0.437. The SMILES string of the molecule is CN=C(NC#N)NCCSCc1n[nH]c(CSCCNC(=NC)NC#N)n1. The Balaban J connectivity index is 2.13. The molecule has 13 heteroatoms. The van der Waals surface area contributed by atoms with Gasteiger partial charge in [0.05, 0.1) is 11.5 Å². The minimum atomic E-state index is 0.463. The van der Waals surface area contributed by atoms with E-state index in [1.54, 1.807) is 37.6 Å². The number of nitrogens with one attached hydrogen (secondary N) is 5. The van der Waals surface area contributed by atoms with Gasteiger partial charge in [0.1, 0.15) is 5.82 Å². The zero-order chi connectivity index (χ0) is 19.7. The van der Waals surface area contributed by atoms with Crippen molar-refractivity contribution in [1.29, 1.82) is 10.5 Å². The molecule has 5 N–H and O–H groups in total. The van der Waals surface area contributed by atoms with Gasteiger partial charge in [-0.15, -0.1) is 0 Å². The summed E-state index contributed by atoms with van der Waals surface area (Å²) in [4.78, 5) is 12.3. The molecule has 0 spiro atoms. The fourth-order valence-electron chi connectivity index (χ4n) is 1.74. The van der Waals surface area contributed by atoms with Crippen LogP contribution >= 0.6 is 23.5 Å². The average Bonchev–Trinajstić information content (AvgIpc) is 3.13. The van der Waals surface area contributed by atoms with Crippen molar-refractivity contribution < 1.29 is 0 Å². The second-order valence-electron chi connectivity index (χ2n) is 4.78. The largest absolute Gasteiger partial charge is 0.355 e. The van der Waals surface area contributed by atoms with Crippen LogP contribution in [0.3, 0.4) is 0 Å². The van der Waals surface area contributed by atoms with Crippen LogP contribution in [0.25, 0.3) is 0 Å². The van der Waals surface area contributed by atoms with Crippen LogP contribution in [0, 0.1) is 22.9 Å². The number of thioether (sulfide) groups is 2. The molecule has 0 amide bonds. The van der Waals surface area contributed by atoms with Crippen LogP contribution in [0.2, 0.25) is 0 Å². The molecule has 0 saturated carbocycles. The number of nitriles is 2. The first-order valence-corrected chi connectivity index (χ1v) is 10.3. The number of nitrogens with zero attached hydrogens (tertiary/aromatic N) is 6. The molecular formula is C14H23N11S2. The Morgan fingerprint density at radius 3 is 2.07 bits per heavy atom. The zero-order valence-corrected chi connectivity index (χ0v) is 16.9. The van der Waals surface area contributed by atoms with Crippen LogP contribution in [0.15, 0.2) is 9.98 Å². The molecule has 27 heavy (non-hydrogen) atoms. The normalized spacial score (nSPS) is 11.4. The monoisotopic (exact) mass is 409 g/mol. The molecule has 146 valence electrons. The van der Waals surface area contributed by atoms with Crippen molar-refractivity contribution in [2.75, 3.05) is 38.7 Å². The van der Waals surface area contributed by atoms with Gasteiger partial charge in [-0.3, -0.25) is 25.7 Å². The standard InChI is InChI=1S/C14H23N11S2/c1-17-13(21-9-15)19-3-5-26-7-11-23-12(25-24-11)8-27-6-4-20-14(18-2)22-10-16/h3-8H2,1-2H3,(H2,17,19,21)(H2,18,20,22)(H,23,24,25). The molecule has 0 aromatic carbocycles. The third-order valence-electron chi connectivity index (χ3n) is 2.92. The minimum absolute atomic E-state index is 0.463. The Morgan fingerprint density at radius 2 is 1.56 bits per heavy atom. The van der Waals surface area contributed by atoms with Crippen molar-refractivity contribution in [3.05, 3.63) is 11.6 Å². The molecule has 0 aliphatic carbocycles. The molecule has 0 aliphatic rings. The lowest BCUT2D eigenvalue weighted by atomic mass is 10.7. The molecular weight excluding hydrogens is 386 g/mol. The van der Waals surface area contributed by atoms with E-state index < -0.39 is 0 Å². The lowest BCUT2D eigenvalue weighted by Gasteiger charge is -2.06. The van der Waals surface area contributed by atoms with Crippen molar-refractivity contribution in [1.82, 2.24) is 36.4 Å². The summed E-state index contributed by atoms with van der Waals surface area (Å²) >= 11 is 3.40. The van der Waals surface area contributed by atoms with Crippen LogP contribution in [0.5, 0.6) is 0 Å². The molecule has 1 heterocycles. The van der Waals surface area contributed by atoms with Crippen molar-refractivity contribution in [2.45, 2.75) is 11.5 Å². The van der Waals surface area contributed by atoms with Crippen molar-refractivity contribution in [3.63, 3.8) is 0 Å². The van der Waals surface area contributed by atoms with Crippen LogP contribution in [0.1, 0.15) is 11.6 Å². The van der Waals surface area contributed by atoms with Crippen molar-refractivity contribution >= 4 is 35.4 Å². The average molecular weight is 410 g/mol. The number of aromatic nitrogens is 3. The molecule has 1 rings (SSSR count). The molecule has 0 atom stereocenters. The first kappa shape index (κ1) is 22.4. The van der Waals surface area contributed by atoms with E-state index in [4.69, 9.17) is 10.5 Å². The van der Waals surface area contributed by atoms with Crippen LogP contribution in [-0.2, 0) is 11.5 Å². The van der Waals surface area contributed by atoms with Gasteiger partial charge in [-0.2, -0.15) is 39.1 Å². The van der Waals surface area contributed by atoms with Crippen molar-refractivity contribution in [3.8, 4) is 12.4 Å². The fraction of sp³-hybridized carbons (Fsp3) is 0.571. The number of hydrogen-bond acceptors (Lipinski definition) is 8. The molecule has 0 unspecified atom stereocenters. The van der Waals surface area contributed by atoms with E-state index in [0.29, 0.717) is 30.8 Å². The van der Waals surface area contributed by atoms with E-state index in [2.05, 4.69) is 46.4 Å². The van der Waals surface area contributed by atoms with Gasteiger partial charge in [0.2, 0.25) is 11.9 Å². The highest BCUT2D eigenvalue weighted by atomic mass is 32.2. The summed E-state index contributed by atoms with van der Waals surface area (Å²) in [5, 5.41) is 35.2. The number of guanidine groups is 2. The van der Waals surface area contributed by atoms with Gasteiger partial charge >= 0.3 is 0 Å². The Labute approximate surface area is 166 Å². The number of H-pyrrole nitrogens is 1. The van der Waals surface area contributed by atoms with Crippen LogP contribution in [-0.4, -0.2) is 65.8 Å². The summed E-state index contributed by atoms with van der Waals surface area (Å²) in [7, 11) is 3.23. The minimum Gasteiger partial charge on any atom is -0.355 e. The Hall–Kier alpha value is -2.64. The smallest absolute Gasteiger partial charge is 0.204 e. The molecule has 0 saturated heterocycles. The fourth-order valence-corrected chi connectivity index (χ4v) is 3.16. The summed E-state index contributed by atoms with van der Waals surface area (Å²) in [6, 6.07) is 0. The van der Waals surface area contributed by atoms with Gasteiger partial charge in [0.25, 0.3) is 0 Å². The van der Waals surface area contributed by atoms with E-state index >= 15 is 0 Å². The number of aromatic amines is 1. The lowest BCUT2D eigenvalue weighted by molar-refractivity contribution is 0.929. The van der Waals surface area contributed by atoms with Gasteiger partial charge < -0.3 is 10.6 Å². The first-order chi connectivity index (χ1) is 13.2. The zero-order valence-electron chi connectivity index (χ0n) is 15.2. The maximum Gasteiger partial charge on any atom is 0.204 e. The van der Waals surface area contributed by atoms with Gasteiger partial charge in [0, 0.05) is 38.7 Å². The molecule has 0 bridgehead atoms. The third kappa shape index (κ3) is 10.2. The van der Waals surface area contributed by atoms with E-state index in [0.717, 1.165) is 28.9 Å². The number of hydrogen-bond donors (Lipinski definition) is 5. The maximum atomic E-state index is 8.54. The Bertz CT molecular complexity index is 629. The van der Waals surface area contributed by atoms with Gasteiger partial charge in [-0.25, -0.2) is 4.98 Å². The quantitative estimate of drug-likeness (QED) is 0.113. The summed E-state index contributed by atoms with van der Waals surface area (Å²) in [6.45, 7) is 1.38. The molecule has 1 aromatic rings.